The van der Waals surface area contributed by atoms with Crippen LogP contribution in [-0.4, -0.2) is 23.4 Å². The first-order valence-corrected chi connectivity index (χ1v) is 3.42. The van der Waals surface area contributed by atoms with Gasteiger partial charge >= 0.3 is 6.18 Å². The Morgan fingerprint density at radius 1 is 1.50 bits per heavy atom. The number of hydrogen-bond donors (Lipinski definition) is 0. The average molecular weight is 206 g/mol. The quantitative estimate of drug-likeness (QED) is 0.684. The molecule has 0 fully saturated rings. The van der Waals surface area contributed by atoms with Gasteiger partial charge in [0.05, 0.1) is 12.7 Å². The number of hydrogen-bond acceptors (Lipinski definition) is 4. The predicted octanol–water partition coefficient (Wildman–Crippen LogP) is 1.32. The number of carbonyl (C=O) groups excluding carboxylic acids is 1. The molecule has 0 radical (unpaired) electrons. The van der Waals surface area contributed by atoms with E-state index in [0.717, 1.165) is 13.3 Å². The molecule has 0 aliphatic carbocycles. The van der Waals surface area contributed by atoms with Crippen LogP contribution < -0.4 is 4.74 Å². The molecule has 1 heterocycles. The van der Waals surface area contributed by atoms with Crippen LogP contribution in [0.15, 0.2) is 6.20 Å². The highest BCUT2D eigenvalue weighted by Gasteiger charge is 2.35. The molecule has 0 aromatic carbocycles. The summed E-state index contributed by atoms with van der Waals surface area (Å²) in [5.74, 6) is -1.72. The first-order chi connectivity index (χ1) is 6.49. The van der Waals surface area contributed by atoms with Gasteiger partial charge in [-0.25, -0.2) is 4.98 Å². The van der Waals surface area contributed by atoms with E-state index in [9.17, 15) is 18.0 Å². The van der Waals surface area contributed by atoms with Crippen molar-refractivity contribution >= 4 is 6.29 Å². The Hall–Kier alpha value is -1.66. The molecule has 7 heteroatoms. The summed E-state index contributed by atoms with van der Waals surface area (Å²) in [5, 5.41) is 0. The summed E-state index contributed by atoms with van der Waals surface area (Å²) in [6, 6.07) is 0. The zero-order valence-electron chi connectivity index (χ0n) is 7.00. The number of rotatable bonds is 2. The standard InChI is InChI=1S/C7H5F3N2O2/c1-14-5-4(3-13)2-11-6(12-5)7(8,9)10/h2-3H,1H3. The van der Waals surface area contributed by atoms with Gasteiger partial charge < -0.3 is 4.74 Å². The van der Waals surface area contributed by atoms with Gasteiger partial charge in [-0.2, -0.15) is 18.2 Å². The summed E-state index contributed by atoms with van der Waals surface area (Å²) in [5.41, 5.74) is -0.125. The topological polar surface area (TPSA) is 52.1 Å². The third-order valence-electron chi connectivity index (χ3n) is 1.35. The minimum atomic E-state index is -4.64. The number of aldehydes is 1. The molecule has 0 spiro atoms. The van der Waals surface area contributed by atoms with Crippen LogP contribution >= 0.6 is 0 Å². The van der Waals surface area contributed by atoms with Crippen molar-refractivity contribution in [3.8, 4) is 5.88 Å². The van der Waals surface area contributed by atoms with Crippen LogP contribution in [0.5, 0.6) is 5.88 Å². The van der Waals surface area contributed by atoms with Gasteiger partial charge in [-0.05, 0) is 0 Å². The maximum absolute atomic E-state index is 12.1. The Morgan fingerprint density at radius 2 is 2.14 bits per heavy atom. The van der Waals surface area contributed by atoms with E-state index in [2.05, 4.69) is 14.7 Å². The zero-order chi connectivity index (χ0) is 10.8. The van der Waals surface area contributed by atoms with Gasteiger partial charge in [0.15, 0.2) is 6.29 Å². The number of alkyl halides is 3. The van der Waals surface area contributed by atoms with Gasteiger partial charge in [-0.1, -0.05) is 0 Å². The molecule has 0 amide bonds. The molecule has 1 rings (SSSR count). The lowest BCUT2D eigenvalue weighted by atomic mass is 10.3. The average Bonchev–Trinajstić information content (AvgIpc) is 2.15. The molecule has 0 unspecified atom stereocenters. The van der Waals surface area contributed by atoms with Gasteiger partial charge in [0.25, 0.3) is 0 Å². The fourth-order valence-electron chi connectivity index (χ4n) is 0.756. The number of carbonyl (C=O) groups is 1. The maximum Gasteiger partial charge on any atom is 0.451 e. The highest BCUT2D eigenvalue weighted by molar-refractivity contribution is 5.77. The molecule has 14 heavy (non-hydrogen) atoms. The van der Waals surface area contributed by atoms with Crippen molar-refractivity contribution in [3.05, 3.63) is 17.6 Å². The Bertz CT molecular complexity index is 351. The van der Waals surface area contributed by atoms with E-state index in [-0.39, 0.29) is 11.4 Å². The molecule has 0 aliphatic heterocycles. The molecule has 1 aromatic rings. The predicted molar refractivity (Wildman–Crippen MR) is 39.0 cm³/mol. The molecule has 4 nitrogen and oxygen atoms in total. The fourth-order valence-corrected chi connectivity index (χ4v) is 0.756. The Morgan fingerprint density at radius 3 is 2.57 bits per heavy atom. The molecule has 76 valence electrons. The highest BCUT2D eigenvalue weighted by Crippen LogP contribution is 2.27. The van der Waals surface area contributed by atoms with Gasteiger partial charge in [0, 0.05) is 6.20 Å². The lowest BCUT2D eigenvalue weighted by Gasteiger charge is -2.06. The lowest BCUT2D eigenvalue weighted by molar-refractivity contribution is -0.145. The van der Waals surface area contributed by atoms with Crippen LogP contribution in [0, 0.1) is 0 Å². The van der Waals surface area contributed by atoms with Crippen molar-refractivity contribution in [2.24, 2.45) is 0 Å². The second-order valence-corrected chi connectivity index (χ2v) is 2.27. The monoisotopic (exact) mass is 206 g/mol. The fraction of sp³-hybridized carbons (Fsp3) is 0.286. The van der Waals surface area contributed by atoms with Crippen molar-refractivity contribution in [3.63, 3.8) is 0 Å². The van der Waals surface area contributed by atoms with Crippen LogP contribution in [0.2, 0.25) is 0 Å². The van der Waals surface area contributed by atoms with Crippen molar-refractivity contribution in [1.29, 1.82) is 0 Å². The lowest BCUT2D eigenvalue weighted by Crippen LogP contribution is -2.12. The summed E-state index contributed by atoms with van der Waals surface area (Å²) >= 11 is 0. The molecular weight excluding hydrogens is 201 g/mol. The van der Waals surface area contributed by atoms with E-state index in [1.807, 2.05) is 0 Å². The van der Waals surface area contributed by atoms with Crippen LogP contribution in [0.25, 0.3) is 0 Å². The molecular formula is C7H5F3N2O2. The second kappa shape index (κ2) is 3.60. The minimum Gasteiger partial charge on any atom is -0.480 e. The number of halogens is 3. The Labute approximate surface area is 76.7 Å². The summed E-state index contributed by atoms with van der Waals surface area (Å²) < 4.78 is 40.7. The van der Waals surface area contributed by atoms with E-state index in [4.69, 9.17) is 0 Å². The minimum absolute atomic E-state index is 0.125. The maximum atomic E-state index is 12.1. The van der Waals surface area contributed by atoms with E-state index in [1.54, 1.807) is 0 Å². The third-order valence-corrected chi connectivity index (χ3v) is 1.35. The van der Waals surface area contributed by atoms with Gasteiger partial charge in [0.1, 0.15) is 0 Å². The first kappa shape index (κ1) is 10.4. The number of ether oxygens (including phenoxy) is 1. The largest absolute Gasteiger partial charge is 0.480 e. The summed E-state index contributed by atoms with van der Waals surface area (Å²) in [7, 11) is 1.12. The van der Waals surface area contributed by atoms with E-state index in [1.165, 1.54) is 0 Å². The normalized spacial score (nSPS) is 11.1. The highest BCUT2D eigenvalue weighted by atomic mass is 19.4. The molecule has 0 saturated carbocycles. The summed E-state index contributed by atoms with van der Waals surface area (Å²) in [6.45, 7) is 0. The van der Waals surface area contributed by atoms with Crippen LogP contribution in [0.1, 0.15) is 16.2 Å². The van der Waals surface area contributed by atoms with Crippen molar-refractivity contribution in [2.75, 3.05) is 7.11 Å². The zero-order valence-corrected chi connectivity index (χ0v) is 7.00. The van der Waals surface area contributed by atoms with Crippen LogP contribution in [0.3, 0.4) is 0 Å². The molecule has 0 saturated heterocycles. The Balaban J connectivity index is 3.21. The molecule has 0 bridgehead atoms. The summed E-state index contributed by atoms with van der Waals surface area (Å²) in [4.78, 5) is 16.3. The molecule has 0 atom stereocenters. The van der Waals surface area contributed by atoms with Gasteiger partial charge in [-0.15, -0.1) is 0 Å². The van der Waals surface area contributed by atoms with Crippen LogP contribution in [0.4, 0.5) is 13.2 Å². The molecule has 1 aromatic heterocycles. The van der Waals surface area contributed by atoms with Crippen molar-refractivity contribution < 1.29 is 22.7 Å². The van der Waals surface area contributed by atoms with Gasteiger partial charge in [-0.3, -0.25) is 4.79 Å². The van der Waals surface area contributed by atoms with E-state index >= 15 is 0 Å². The second-order valence-electron chi connectivity index (χ2n) is 2.27. The number of aromatic nitrogens is 2. The molecule has 0 aliphatic rings. The van der Waals surface area contributed by atoms with Crippen molar-refractivity contribution in [2.45, 2.75) is 6.18 Å². The third kappa shape index (κ3) is 1.98. The van der Waals surface area contributed by atoms with E-state index < -0.39 is 12.0 Å². The number of nitrogens with zero attached hydrogens (tertiary/aromatic N) is 2. The smallest absolute Gasteiger partial charge is 0.451 e. The summed E-state index contributed by atoms with van der Waals surface area (Å²) in [6.07, 6.45) is -3.56. The van der Waals surface area contributed by atoms with Crippen LogP contribution in [-0.2, 0) is 6.18 Å². The number of methoxy groups -OCH3 is 1. The first-order valence-electron chi connectivity index (χ1n) is 3.42. The Kier molecular flexibility index (Phi) is 2.68. The van der Waals surface area contributed by atoms with Gasteiger partial charge in [0.2, 0.25) is 11.7 Å². The SMILES string of the molecule is COc1nc(C(F)(F)F)ncc1C=O. The van der Waals surface area contributed by atoms with Crippen molar-refractivity contribution in [1.82, 2.24) is 9.97 Å². The van der Waals surface area contributed by atoms with E-state index in [0.29, 0.717) is 6.29 Å². The molecule has 0 N–H and O–H groups in total.